The van der Waals surface area contributed by atoms with E-state index in [-0.39, 0.29) is 24.0 Å². The summed E-state index contributed by atoms with van der Waals surface area (Å²) in [5.41, 5.74) is 0. The van der Waals surface area contributed by atoms with Crippen molar-refractivity contribution in [2.75, 3.05) is 33.9 Å². The summed E-state index contributed by atoms with van der Waals surface area (Å²) in [6.45, 7) is 6.47. The van der Waals surface area contributed by atoms with Crippen molar-refractivity contribution in [2.45, 2.75) is 13.8 Å². The molecule has 0 fully saturated rings. The third-order valence-corrected chi connectivity index (χ3v) is 2.61. The molecular formula is C15H26IN3O2. The Labute approximate surface area is 144 Å². The van der Waals surface area contributed by atoms with Gasteiger partial charge in [0.15, 0.2) is 5.96 Å². The lowest BCUT2D eigenvalue weighted by Gasteiger charge is -2.14. The first-order chi connectivity index (χ1) is 9.65. The third-order valence-electron chi connectivity index (χ3n) is 2.61. The predicted octanol–water partition coefficient (Wildman–Crippen LogP) is 2.51. The molecule has 1 rings (SSSR count). The maximum absolute atomic E-state index is 5.64. The zero-order valence-corrected chi connectivity index (χ0v) is 15.5. The zero-order valence-electron chi connectivity index (χ0n) is 13.2. The van der Waals surface area contributed by atoms with Crippen LogP contribution in [0.25, 0.3) is 0 Å². The van der Waals surface area contributed by atoms with Gasteiger partial charge in [-0.25, -0.2) is 0 Å². The molecule has 6 heteroatoms. The highest BCUT2D eigenvalue weighted by Crippen LogP contribution is 2.18. The number of benzene rings is 1. The molecule has 5 nitrogen and oxygen atoms in total. The Morgan fingerprint density at radius 1 is 1.24 bits per heavy atom. The predicted molar refractivity (Wildman–Crippen MR) is 98.1 cm³/mol. The number of guanidine groups is 1. The lowest BCUT2D eigenvalue weighted by molar-refractivity contribution is 0.319. The van der Waals surface area contributed by atoms with E-state index in [1.165, 1.54) is 0 Å². The van der Waals surface area contributed by atoms with Gasteiger partial charge in [0.2, 0.25) is 0 Å². The fourth-order valence-electron chi connectivity index (χ4n) is 1.55. The summed E-state index contributed by atoms with van der Waals surface area (Å²) >= 11 is 0. The van der Waals surface area contributed by atoms with Crippen LogP contribution in [-0.2, 0) is 0 Å². The molecule has 21 heavy (non-hydrogen) atoms. The number of hydrogen-bond donors (Lipinski definition) is 2. The Morgan fingerprint density at radius 3 is 2.57 bits per heavy atom. The smallest absolute Gasteiger partial charge is 0.191 e. The fraction of sp³-hybridized carbons (Fsp3) is 0.533. The molecular weight excluding hydrogens is 381 g/mol. The first-order valence-corrected chi connectivity index (χ1v) is 6.87. The van der Waals surface area contributed by atoms with Gasteiger partial charge in [0.25, 0.3) is 0 Å². The van der Waals surface area contributed by atoms with Gasteiger partial charge in [-0.15, -0.1) is 24.0 Å². The molecule has 0 aliphatic rings. The van der Waals surface area contributed by atoms with E-state index in [4.69, 9.17) is 9.47 Å². The lowest BCUT2D eigenvalue weighted by atomic mass is 10.2. The van der Waals surface area contributed by atoms with Gasteiger partial charge < -0.3 is 20.1 Å². The fourth-order valence-corrected chi connectivity index (χ4v) is 1.55. The summed E-state index contributed by atoms with van der Waals surface area (Å²) in [4.78, 5) is 4.15. The maximum atomic E-state index is 5.64. The van der Waals surface area contributed by atoms with E-state index in [1.807, 2.05) is 24.3 Å². The van der Waals surface area contributed by atoms with Crippen LogP contribution in [0.1, 0.15) is 13.8 Å². The Hall–Kier alpha value is -1.18. The minimum Gasteiger partial charge on any atom is -0.497 e. The van der Waals surface area contributed by atoms with Crippen molar-refractivity contribution in [3.63, 3.8) is 0 Å². The molecule has 0 atom stereocenters. The van der Waals surface area contributed by atoms with Gasteiger partial charge in [-0.3, -0.25) is 4.99 Å². The van der Waals surface area contributed by atoms with E-state index in [1.54, 1.807) is 14.2 Å². The quantitative estimate of drug-likeness (QED) is 0.316. The highest BCUT2D eigenvalue weighted by molar-refractivity contribution is 14.0. The van der Waals surface area contributed by atoms with Crippen molar-refractivity contribution in [1.82, 2.24) is 10.6 Å². The number of aliphatic imine (C=N–C) groups is 1. The summed E-state index contributed by atoms with van der Waals surface area (Å²) in [5.74, 6) is 2.98. The molecule has 2 N–H and O–H groups in total. The summed E-state index contributed by atoms with van der Waals surface area (Å²) < 4.78 is 10.8. The first kappa shape index (κ1) is 19.8. The van der Waals surface area contributed by atoms with Crippen LogP contribution >= 0.6 is 24.0 Å². The van der Waals surface area contributed by atoms with E-state index in [0.717, 1.165) is 24.0 Å². The summed E-state index contributed by atoms with van der Waals surface area (Å²) in [7, 11) is 3.41. The molecule has 0 spiro atoms. The monoisotopic (exact) mass is 407 g/mol. The molecule has 1 aromatic carbocycles. The number of nitrogens with zero attached hydrogens (tertiary/aromatic N) is 1. The number of nitrogens with one attached hydrogen (secondary N) is 2. The van der Waals surface area contributed by atoms with Crippen LogP contribution < -0.4 is 20.1 Å². The molecule has 1 aromatic rings. The van der Waals surface area contributed by atoms with Crippen molar-refractivity contribution < 1.29 is 9.47 Å². The van der Waals surface area contributed by atoms with E-state index >= 15 is 0 Å². The van der Waals surface area contributed by atoms with Gasteiger partial charge in [0, 0.05) is 19.7 Å². The number of hydrogen-bond acceptors (Lipinski definition) is 3. The molecule has 0 heterocycles. The highest BCUT2D eigenvalue weighted by Gasteiger charge is 2.00. The van der Waals surface area contributed by atoms with Crippen LogP contribution in [0.3, 0.4) is 0 Å². The molecule has 0 amide bonds. The van der Waals surface area contributed by atoms with Crippen LogP contribution in [-0.4, -0.2) is 39.8 Å². The maximum Gasteiger partial charge on any atom is 0.191 e. The molecule has 0 aromatic heterocycles. The second-order valence-electron chi connectivity index (χ2n) is 4.80. The third kappa shape index (κ3) is 8.64. The minimum absolute atomic E-state index is 0. The second-order valence-corrected chi connectivity index (χ2v) is 4.80. The zero-order chi connectivity index (χ0) is 14.8. The summed E-state index contributed by atoms with van der Waals surface area (Å²) in [6.07, 6.45) is 0. The number of halogens is 1. The van der Waals surface area contributed by atoms with Crippen LogP contribution in [0.4, 0.5) is 0 Å². The van der Waals surface area contributed by atoms with E-state index in [9.17, 15) is 0 Å². The molecule has 0 radical (unpaired) electrons. The van der Waals surface area contributed by atoms with Crippen LogP contribution in [0.15, 0.2) is 29.3 Å². The molecule has 0 saturated heterocycles. The van der Waals surface area contributed by atoms with E-state index in [0.29, 0.717) is 19.1 Å². The van der Waals surface area contributed by atoms with Crippen molar-refractivity contribution in [2.24, 2.45) is 10.9 Å². The summed E-state index contributed by atoms with van der Waals surface area (Å²) in [6, 6.07) is 7.58. The molecule has 120 valence electrons. The van der Waals surface area contributed by atoms with Crippen molar-refractivity contribution in [1.29, 1.82) is 0 Å². The molecule has 0 unspecified atom stereocenters. The van der Waals surface area contributed by atoms with Crippen molar-refractivity contribution in [3.05, 3.63) is 24.3 Å². The topological polar surface area (TPSA) is 54.9 Å². The number of rotatable bonds is 7. The second kappa shape index (κ2) is 11.5. The van der Waals surface area contributed by atoms with Crippen LogP contribution in [0.2, 0.25) is 0 Å². The Kier molecular flexibility index (Phi) is 10.8. The molecule has 0 aliphatic carbocycles. The van der Waals surface area contributed by atoms with E-state index in [2.05, 4.69) is 29.5 Å². The van der Waals surface area contributed by atoms with E-state index < -0.39 is 0 Å². The van der Waals surface area contributed by atoms with Crippen molar-refractivity contribution in [3.8, 4) is 11.5 Å². The van der Waals surface area contributed by atoms with Gasteiger partial charge in [-0.05, 0) is 18.1 Å². The molecule has 0 aliphatic heterocycles. The van der Waals surface area contributed by atoms with Gasteiger partial charge in [0.1, 0.15) is 18.1 Å². The summed E-state index contributed by atoms with van der Waals surface area (Å²) in [5, 5.41) is 6.46. The number of methoxy groups -OCH3 is 1. The van der Waals surface area contributed by atoms with Gasteiger partial charge in [-0.1, -0.05) is 19.9 Å². The molecule has 0 saturated carbocycles. The van der Waals surface area contributed by atoms with Crippen LogP contribution in [0, 0.1) is 5.92 Å². The van der Waals surface area contributed by atoms with Crippen molar-refractivity contribution >= 4 is 29.9 Å². The normalized spacial score (nSPS) is 10.8. The van der Waals surface area contributed by atoms with Gasteiger partial charge in [0.05, 0.1) is 13.7 Å². The Morgan fingerprint density at radius 2 is 1.95 bits per heavy atom. The van der Waals surface area contributed by atoms with Crippen LogP contribution in [0.5, 0.6) is 11.5 Å². The average molecular weight is 407 g/mol. The highest BCUT2D eigenvalue weighted by atomic mass is 127. The minimum atomic E-state index is 0. The van der Waals surface area contributed by atoms with Gasteiger partial charge >= 0.3 is 0 Å². The number of ether oxygens (including phenoxy) is 2. The average Bonchev–Trinajstić information content (AvgIpc) is 2.46. The standard InChI is InChI=1S/C15H25N3O2.HI/c1-12(2)11-18-15(16-3)17-8-9-20-14-7-5-6-13(10-14)19-4;/h5-7,10,12H,8-9,11H2,1-4H3,(H2,16,17,18);1H. The molecule has 0 bridgehead atoms. The largest absolute Gasteiger partial charge is 0.497 e. The Bertz CT molecular complexity index is 425. The first-order valence-electron chi connectivity index (χ1n) is 6.87. The SMILES string of the molecule is CN=C(NCCOc1cccc(OC)c1)NCC(C)C.I. The lowest BCUT2D eigenvalue weighted by Crippen LogP contribution is -2.40. The van der Waals surface area contributed by atoms with Gasteiger partial charge in [-0.2, -0.15) is 0 Å². The Balaban J connectivity index is 0.00000400.